The van der Waals surface area contributed by atoms with Crippen LogP contribution in [0, 0.1) is 17.8 Å². The van der Waals surface area contributed by atoms with Crippen LogP contribution >= 0.6 is 0 Å². The molecule has 1 saturated heterocycles. The third-order valence-electron chi connectivity index (χ3n) is 7.04. The van der Waals surface area contributed by atoms with Crippen LogP contribution in [0.2, 0.25) is 0 Å². The fourth-order valence-electron chi connectivity index (χ4n) is 5.10. The Hall–Kier alpha value is -2.84. The van der Waals surface area contributed by atoms with Crippen molar-refractivity contribution in [3.63, 3.8) is 0 Å². The third kappa shape index (κ3) is 6.86. The van der Waals surface area contributed by atoms with Gasteiger partial charge in [-0.15, -0.1) is 0 Å². The Labute approximate surface area is 206 Å². The number of rotatable bonds is 7. The third-order valence-corrected chi connectivity index (χ3v) is 7.04. The van der Waals surface area contributed by atoms with Crippen molar-refractivity contribution in [2.24, 2.45) is 17.8 Å². The molecule has 9 nitrogen and oxygen atoms in total. The first-order valence-corrected chi connectivity index (χ1v) is 12.6. The number of carbonyl (C=O) groups is 3. The standard InChI is InChI=1S/C26H38N2O7/c1-15(2)25(31)35-23-16(3)34-26(32)19(11-7-10-18(23)14-17-8-5-6-9-17)28-24(30)21-22(29)20(33-4)12-13-27-21/h12-13,15-19,23,29H,5-11,14H2,1-4H3,(H,28,30)/t16-,18+,19-,23-/m0/s1. The van der Waals surface area contributed by atoms with Crippen LogP contribution in [0.15, 0.2) is 12.3 Å². The zero-order valence-corrected chi connectivity index (χ0v) is 21.1. The number of aromatic hydroxyl groups is 1. The molecule has 2 N–H and O–H groups in total. The molecule has 2 aliphatic rings. The van der Waals surface area contributed by atoms with E-state index in [1.54, 1.807) is 20.8 Å². The average molecular weight is 491 g/mol. The molecular formula is C26H38N2O7. The highest BCUT2D eigenvalue weighted by Crippen LogP contribution is 2.36. The molecule has 1 aromatic rings. The van der Waals surface area contributed by atoms with Crippen LogP contribution in [0.25, 0.3) is 0 Å². The summed E-state index contributed by atoms with van der Waals surface area (Å²) in [5.41, 5.74) is -0.229. The van der Waals surface area contributed by atoms with Gasteiger partial charge in [-0.3, -0.25) is 9.59 Å². The quantitative estimate of drug-likeness (QED) is 0.554. The number of hydrogen-bond acceptors (Lipinski definition) is 8. The monoisotopic (exact) mass is 490 g/mol. The summed E-state index contributed by atoms with van der Waals surface area (Å²) in [6.45, 7) is 5.32. The minimum atomic E-state index is -0.913. The highest BCUT2D eigenvalue weighted by atomic mass is 16.6. The van der Waals surface area contributed by atoms with Gasteiger partial charge in [0.25, 0.3) is 5.91 Å². The number of amides is 1. The maximum absolute atomic E-state index is 13.0. The Balaban J connectivity index is 1.77. The number of hydrogen-bond donors (Lipinski definition) is 2. The van der Waals surface area contributed by atoms with Crippen LogP contribution in [0.3, 0.4) is 0 Å². The lowest BCUT2D eigenvalue weighted by Crippen LogP contribution is -2.45. The lowest BCUT2D eigenvalue weighted by atomic mass is 9.83. The number of nitrogens with one attached hydrogen (secondary N) is 1. The molecule has 1 aliphatic heterocycles. The molecule has 0 bridgehead atoms. The number of methoxy groups -OCH3 is 1. The minimum Gasteiger partial charge on any atom is -0.503 e. The van der Waals surface area contributed by atoms with Gasteiger partial charge in [-0.25, -0.2) is 9.78 Å². The summed E-state index contributed by atoms with van der Waals surface area (Å²) in [4.78, 5) is 42.3. The summed E-state index contributed by atoms with van der Waals surface area (Å²) >= 11 is 0. The van der Waals surface area contributed by atoms with E-state index in [4.69, 9.17) is 14.2 Å². The molecular weight excluding hydrogens is 452 g/mol. The van der Waals surface area contributed by atoms with Crippen molar-refractivity contribution in [3.05, 3.63) is 18.0 Å². The van der Waals surface area contributed by atoms with E-state index in [-0.39, 0.29) is 29.2 Å². The maximum atomic E-state index is 13.0. The van der Waals surface area contributed by atoms with Crippen LogP contribution in [0.4, 0.5) is 0 Å². The number of esters is 2. The van der Waals surface area contributed by atoms with E-state index in [9.17, 15) is 19.5 Å². The molecule has 0 spiro atoms. The van der Waals surface area contributed by atoms with Crippen LogP contribution in [-0.4, -0.2) is 53.3 Å². The molecule has 3 rings (SSSR count). The summed E-state index contributed by atoms with van der Waals surface area (Å²) in [6.07, 6.45) is 7.64. The van der Waals surface area contributed by atoms with Gasteiger partial charge in [0.2, 0.25) is 0 Å². The first kappa shape index (κ1) is 26.8. The zero-order valence-electron chi connectivity index (χ0n) is 21.1. The number of aromatic nitrogens is 1. The average Bonchev–Trinajstić information content (AvgIpc) is 3.34. The maximum Gasteiger partial charge on any atom is 0.329 e. The van der Waals surface area contributed by atoms with Crippen molar-refractivity contribution in [2.45, 2.75) is 90.4 Å². The molecule has 9 heteroatoms. The molecule has 2 fully saturated rings. The van der Waals surface area contributed by atoms with E-state index in [2.05, 4.69) is 10.3 Å². The van der Waals surface area contributed by atoms with Crippen molar-refractivity contribution in [1.82, 2.24) is 10.3 Å². The van der Waals surface area contributed by atoms with E-state index in [0.717, 1.165) is 12.8 Å². The first-order valence-electron chi connectivity index (χ1n) is 12.6. The summed E-state index contributed by atoms with van der Waals surface area (Å²) in [5, 5.41) is 12.9. The van der Waals surface area contributed by atoms with Gasteiger partial charge in [0.15, 0.2) is 17.2 Å². The van der Waals surface area contributed by atoms with E-state index in [1.165, 1.54) is 45.1 Å². The predicted molar refractivity (Wildman–Crippen MR) is 128 cm³/mol. The van der Waals surface area contributed by atoms with Crippen LogP contribution in [0.5, 0.6) is 11.5 Å². The minimum absolute atomic E-state index is 0.0714. The number of ether oxygens (including phenoxy) is 3. The van der Waals surface area contributed by atoms with Crippen molar-refractivity contribution in [3.8, 4) is 11.5 Å². The highest BCUT2D eigenvalue weighted by Gasteiger charge is 2.38. The van der Waals surface area contributed by atoms with E-state index >= 15 is 0 Å². The Bertz CT molecular complexity index is 898. The smallest absolute Gasteiger partial charge is 0.329 e. The van der Waals surface area contributed by atoms with Gasteiger partial charge < -0.3 is 24.6 Å². The second-order valence-corrected chi connectivity index (χ2v) is 10.0. The fourth-order valence-corrected chi connectivity index (χ4v) is 5.10. The number of nitrogens with zero attached hydrogens (tertiary/aromatic N) is 1. The first-order chi connectivity index (χ1) is 16.7. The SMILES string of the molecule is COc1ccnc(C(=O)N[C@H]2CCC[C@H](CC3CCCC3)[C@@H](OC(=O)C(C)C)[C@H](C)OC2=O)c1O. The molecule has 0 unspecified atom stereocenters. The van der Waals surface area contributed by atoms with Gasteiger partial charge in [0.05, 0.1) is 13.0 Å². The van der Waals surface area contributed by atoms with E-state index < -0.39 is 35.9 Å². The Morgan fingerprint density at radius 1 is 1.20 bits per heavy atom. The molecule has 0 radical (unpaired) electrons. The van der Waals surface area contributed by atoms with Crippen molar-refractivity contribution >= 4 is 17.8 Å². The second-order valence-electron chi connectivity index (χ2n) is 10.0. The molecule has 1 aromatic heterocycles. The zero-order chi connectivity index (χ0) is 25.5. The Morgan fingerprint density at radius 3 is 2.57 bits per heavy atom. The van der Waals surface area contributed by atoms with Gasteiger partial charge in [-0.05, 0) is 38.0 Å². The summed E-state index contributed by atoms with van der Waals surface area (Å²) in [5.74, 6) is -1.51. The van der Waals surface area contributed by atoms with Crippen molar-refractivity contribution in [2.75, 3.05) is 7.11 Å². The van der Waals surface area contributed by atoms with E-state index in [0.29, 0.717) is 18.8 Å². The number of pyridine rings is 1. The van der Waals surface area contributed by atoms with Gasteiger partial charge in [0, 0.05) is 12.3 Å². The number of cyclic esters (lactones) is 1. The highest BCUT2D eigenvalue weighted by molar-refractivity contribution is 5.97. The predicted octanol–water partition coefficient (Wildman–Crippen LogP) is 3.77. The van der Waals surface area contributed by atoms with Gasteiger partial charge >= 0.3 is 11.9 Å². The molecule has 4 atom stereocenters. The summed E-state index contributed by atoms with van der Waals surface area (Å²) < 4.78 is 16.7. The number of carbonyl (C=O) groups excluding carboxylic acids is 3. The van der Waals surface area contributed by atoms with Gasteiger partial charge in [-0.1, -0.05) is 46.0 Å². The second kappa shape index (κ2) is 12.2. The van der Waals surface area contributed by atoms with Crippen LogP contribution < -0.4 is 10.1 Å². The Kier molecular flexibility index (Phi) is 9.34. The normalized spacial score (nSPS) is 25.8. The van der Waals surface area contributed by atoms with E-state index in [1.807, 2.05) is 0 Å². The molecule has 194 valence electrons. The molecule has 1 aliphatic carbocycles. The largest absolute Gasteiger partial charge is 0.503 e. The van der Waals surface area contributed by atoms with Crippen LogP contribution in [-0.2, 0) is 19.1 Å². The summed E-state index contributed by atoms with van der Waals surface area (Å²) in [7, 11) is 1.37. The van der Waals surface area contributed by atoms with Crippen molar-refractivity contribution in [1.29, 1.82) is 0 Å². The lowest BCUT2D eigenvalue weighted by molar-refractivity contribution is -0.174. The Morgan fingerprint density at radius 2 is 1.91 bits per heavy atom. The van der Waals surface area contributed by atoms with Gasteiger partial charge in [-0.2, -0.15) is 0 Å². The van der Waals surface area contributed by atoms with Gasteiger partial charge in [0.1, 0.15) is 18.2 Å². The topological polar surface area (TPSA) is 124 Å². The fraction of sp³-hybridized carbons (Fsp3) is 0.692. The molecule has 1 amide bonds. The summed E-state index contributed by atoms with van der Waals surface area (Å²) in [6, 6.07) is 0.523. The van der Waals surface area contributed by atoms with Crippen molar-refractivity contribution < 1.29 is 33.7 Å². The lowest BCUT2D eigenvalue weighted by Gasteiger charge is -2.32. The molecule has 1 saturated carbocycles. The molecule has 35 heavy (non-hydrogen) atoms. The van der Waals surface area contributed by atoms with Crippen LogP contribution in [0.1, 0.15) is 82.6 Å². The molecule has 2 heterocycles. The molecule has 0 aromatic carbocycles.